The molecule has 4 heterocycles. The van der Waals surface area contributed by atoms with E-state index in [-0.39, 0.29) is 23.4 Å². The first-order chi connectivity index (χ1) is 12.2. The van der Waals surface area contributed by atoms with E-state index in [1.807, 2.05) is 20.8 Å². The summed E-state index contributed by atoms with van der Waals surface area (Å²) in [6.07, 6.45) is 1.71. The summed E-state index contributed by atoms with van der Waals surface area (Å²) in [5.74, 6) is -1.20. The lowest BCUT2D eigenvalue weighted by Crippen LogP contribution is -2.28. The van der Waals surface area contributed by atoms with Crippen LogP contribution in [0.25, 0.3) is 11.2 Å². The summed E-state index contributed by atoms with van der Waals surface area (Å²) in [5, 5.41) is 0. The third-order valence-electron chi connectivity index (χ3n) is 4.33. The fourth-order valence-corrected chi connectivity index (χ4v) is 3.74. The van der Waals surface area contributed by atoms with Gasteiger partial charge in [0.25, 0.3) is 0 Å². The second-order valence-electron chi connectivity index (χ2n) is 6.55. The van der Waals surface area contributed by atoms with Crippen LogP contribution in [0.15, 0.2) is 17.0 Å². The van der Waals surface area contributed by atoms with Crippen molar-refractivity contribution in [1.29, 1.82) is 0 Å². The summed E-state index contributed by atoms with van der Waals surface area (Å²) < 4.78 is 58.7. The molecule has 0 saturated carbocycles. The number of halogens is 2. The SMILES string of the molecule is CC[C@H]1O[C@@H](n2cnc3c(N=S(=O)(F)F)ncnc32)[C@H]2OC(C)(C)OC12. The van der Waals surface area contributed by atoms with E-state index >= 15 is 0 Å². The molecule has 0 radical (unpaired) electrons. The molecule has 0 N–H and O–H groups in total. The Hall–Kier alpha value is -1.76. The highest BCUT2D eigenvalue weighted by Gasteiger charge is 2.55. The maximum absolute atomic E-state index is 12.8. The Kier molecular flexibility index (Phi) is 3.99. The van der Waals surface area contributed by atoms with Crippen molar-refractivity contribution in [2.45, 2.75) is 57.5 Å². The molecule has 0 spiro atoms. The monoisotopic (exact) mass is 389 g/mol. The van der Waals surface area contributed by atoms with Crippen LogP contribution in [-0.2, 0) is 24.7 Å². The van der Waals surface area contributed by atoms with Crippen LogP contribution in [0, 0.1) is 0 Å². The summed E-state index contributed by atoms with van der Waals surface area (Å²) in [6.45, 7) is 5.61. The van der Waals surface area contributed by atoms with Crippen LogP contribution in [0.2, 0.25) is 0 Å². The average molecular weight is 389 g/mol. The first-order valence-corrected chi connectivity index (χ1v) is 9.35. The zero-order valence-corrected chi connectivity index (χ0v) is 15.0. The minimum atomic E-state index is -5.36. The van der Waals surface area contributed by atoms with Gasteiger partial charge in [-0.05, 0) is 20.3 Å². The molecule has 2 aliphatic heterocycles. The zero-order chi connectivity index (χ0) is 18.7. The van der Waals surface area contributed by atoms with Crippen molar-refractivity contribution in [2.24, 2.45) is 4.36 Å². The summed E-state index contributed by atoms with van der Waals surface area (Å²) in [5.41, 5.74) is 0.241. The van der Waals surface area contributed by atoms with Crippen molar-refractivity contribution in [3.63, 3.8) is 0 Å². The summed E-state index contributed by atoms with van der Waals surface area (Å²) in [7, 11) is -5.36. The number of ether oxygens (including phenoxy) is 3. The van der Waals surface area contributed by atoms with Crippen molar-refractivity contribution in [3.05, 3.63) is 12.7 Å². The minimum Gasteiger partial charge on any atom is -0.349 e. The molecule has 142 valence electrons. The molecule has 2 aromatic heterocycles. The second kappa shape index (κ2) is 5.87. The van der Waals surface area contributed by atoms with Gasteiger partial charge in [-0.1, -0.05) is 14.7 Å². The Morgan fingerprint density at radius 2 is 2.00 bits per heavy atom. The van der Waals surface area contributed by atoms with E-state index < -0.39 is 34.4 Å². The van der Waals surface area contributed by atoms with Crippen LogP contribution in [0.5, 0.6) is 0 Å². The molecular weight excluding hydrogens is 372 g/mol. The lowest BCUT2D eigenvalue weighted by molar-refractivity contribution is -0.196. The molecule has 4 rings (SSSR count). The number of aromatic nitrogens is 4. The van der Waals surface area contributed by atoms with Gasteiger partial charge in [0.15, 0.2) is 29.0 Å². The van der Waals surface area contributed by atoms with Crippen molar-refractivity contribution >= 4 is 27.5 Å². The highest BCUT2D eigenvalue weighted by Crippen LogP contribution is 2.44. The van der Waals surface area contributed by atoms with E-state index in [0.717, 1.165) is 6.33 Å². The van der Waals surface area contributed by atoms with Gasteiger partial charge >= 0.3 is 10.5 Å². The molecule has 0 bridgehead atoms. The lowest BCUT2D eigenvalue weighted by atomic mass is 10.1. The zero-order valence-electron chi connectivity index (χ0n) is 14.2. The molecular formula is C14H17F2N5O4S. The molecule has 0 aliphatic carbocycles. The summed E-state index contributed by atoms with van der Waals surface area (Å²) in [4.78, 5) is 11.8. The number of hydrogen-bond acceptors (Lipinski definition) is 8. The molecule has 12 heteroatoms. The molecule has 2 saturated heterocycles. The van der Waals surface area contributed by atoms with Gasteiger partial charge < -0.3 is 14.2 Å². The Labute approximate surface area is 148 Å². The minimum absolute atomic E-state index is 0.00815. The molecule has 0 aromatic carbocycles. The molecule has 4 atom stereocenters. The standard InChI is InChI=1S/C14H17F2N5O4S/c1-4-7-9-10(25-14(2,3)24-9)13(23-7)21-6-19-8-11(20-26(15,16)22)17-5-18-12(8)21/h5-7,9-10,13H,4H2,1-3H3/t7-,9?,10+,13-/m1/s1. The molecule has 1 unspecified atom stereocenters. The third-order valence-corrected chi connectivity index (χ3v) is 4.72. The fraction of sp³-hybridized carbons (Fsp3) is 0.643. The third kappa shape index (κ3) is 2.96. The van der Waals surface area contributed by atoms with Gasteiger partial charge in [-0.3, -0.25) is 4.57 Å². The maximum atomic E-state index is 12.8. The van der Waals surface area contributed by atoms with Crippen molar-refractivity contribution in [3.8, 4) is 0 Å². The van der Waals surface area contributed by atoms with Gasteiger partial charge in [-0.25, -0.2) is 15.0 Å². The van der Waals surface area contributed by atoms with Gasteiger partial charge in [0.2, 0.25) is 0 Å². The lowest BCUT2D eigenvalue weighted by Gasteiger charge is -2.24. The van der Waals surface area contributed by atoms with Gasteiger partial charge in [0.05, 0.1) is 12.4 Å². The Morgan fingerprint density at radius 3 is 2.69 bits per heavy atom. The van der Waals surface area contributed by atoms with Crippen molar-refractivity contribution < 1.29 is 26.2 Å². The number of fused-ring (bicyclic) bond motifs is 2. The Morgan fingerprint density at radius 1 is 1.27 bits per heavy atom. The number of nitrogens with zero attached hydrogens (tertiary/aromatic N) is 5. The van der Waals surface area contributed by atoms with Crippen LogP contribution >= 0.6 is 0 Å². The molecule has 9 nitrogen and oxygen atoms in total. The number of hydrogen-bond donors (Lipinski definition) is 0. The summed E-state index contributed by atoms with van der Waals surface area (Å²) in [6, 6.07) is 0. The largest absolute Gasteiger partial charge is 0.373 e. The molecule has 2 aromatic rings. The molecule has 0 amide bonds. The van der Waals surface area contributed by atoms with E-state index in [4.69, 9.17) is 14.2 Å². The van der Waals surface area contributed by atoms with E-state index in [0.29, 0.717) is 6.42 Å². The van der Waals surface area contributed by atoms with E-state index in [2.05, 4.69) is 19.3 Å². The van der Waals surface area contributed by atoms with Crippen LogP contribution in [0.1, 0.15) is 33.4 Å². The van der Waals surface area contributed by atoms with E-state index in [1.54, 1.807) is 4.57 Å². The first kappa shape index (κ1) is 17.6. The quantitative estimate of drug-likeness (QED) is 0.744. The topological polar surface area (TPSA) is 101 Å². The van der Waals surface area contributed by atoms with Crippen LogP contribution in [-0.4, -0.2) is 47.8 Å². The number of rotatable bonds is 3. The predicted octanol–water partition coefficient (Wildman–Crippen LogP) is 2.52. The van der Waals surface area contributed by atoms with E-state index in [9.17, 15) is 12.0 Å². The first-order valence-electron chi connectivity index (χ1n) is 8.03. The molecule has 2 fully saturated rings. The Balaban J connectivity index is 1.78. The van der Waals surface area contributed by atoms with Crippen molar-refractivity contribution in [2.75, 3.05) is 0 Å². The van der Waals surface area contributed by atoms with Gasteiger partial charge in [-0.2, -0.15) is 4.21 Å². The highest BCUT2D eigenvalue weighted by molar-refractivity contribution is 7.83. The average Bonchev–Trinajstić information content (AvgIpc) is 3.16. The van der Waals surface area contributed by atoms with Crippen molar-refractivity contribution in [1.82, 2.24) is 19.5 Å². The smallest absolute Gasteiger partial charge is 0.349 e. The van der Waals surface area contributed by atoms with Crippen LogP contribution < -0.4 is 0 Å². The number of imidazole rings is 1. The van der Waals surface area contributed by atoms with Crippen LogP contribution in [0.3, 0.4) is 0 Å². The highest BCUT2D eigenvalue weighted by atomic mass is 32.3. The van der Waals surface area contributed by atoms with Crippen LogP contribution in [0.4, 0.5) is 13.6 Å². The van der Waals surface area contributed by atoms with Gasteiger partial charge in [0, 0.05) is 0 Å². The molecule has 26 heavy (non-hydrogen) atoms. The maximum Gasteiger partial charge on any atom is 0.373 e. The van der Waals surface area contributed by atoms with Gasteiger partial charge in [-0.15, -0.1) is 4.36 Å². The van der Waals surface area contributed by atoms with Gasteiger partial charge in [0.1, 0.15) is 18.5 Å². The van der Waals surface area contributed by atoms with E-state index in [1.165, 1.54) is 6.33 Å². The molecule has 2 aliphatic rings. The predicted molar refractivity (Wildman–Crippen MR) is 85.8 cm³/mol. The summed E-state index contributed by atoms with van der Waals surface area (Å²) >= 11 is 0. The second-order valence-corrected chi connectivity index (χ2v) is 7.52. The fourth-order valence-electron chi connectivity index (χ4n) is 3.40. The Bertz CT molecular complexity index is 965. The normalized spacial score (nSPS) is 30.7.